The molecule has 140 valence electrons. The third-order valence-electron chi connectivity index (χ3n) is 3.85. The predicted molar refractivity (Wildman–Crippen MR) is 102 cm³/mol. The van der Waals surface area contributed by atoms with Crippen molar-refractivity contribution in [1.29, 1.82) is 0 Å². The summed E-state index contributed by atoms with van der Waals surface area (Å²) in [6.07, 6.45) is 1.43. The molecule has 2 amide bonds. The number of carbonyl (C=O) groups is 2. The van der Waals surface area contributed by atoms with E-state index in [0.717, 1.165) is 11.1 Å². The third-order valence-corrected chi connectivity index (χ3v) is 4.16. The molecule has 0 saturated heterocycles. The van der Waals surface area contributed by atoms with Crippen molar-refractivity contribution in [2.24, 2.45) is 0 Å². The van der Waals surface area contributed by atoms with Gasteiger partial charge in [-0.1, -0.05) is 29.8 Å². The van der Waals surface area contributed by atoms with Crippen LogP contribution in [0.1, 0.15) is 16.1 Å². The first kappa shape index (κ1) is 18.6. The lowest BCUT2D eigenvalue weighted by molar-refractivity contribution is -0.121. The lowest BCUT2D eigenvalue weighted by Gasteiger charge is -2.09. The Morgan fingerprint density at radius 3 is 2.63 bits per heavy atom. The first-order valence-electron chi connectivity index (χ1n) is 8.35. The molecule has 2 heterocycles. The van der Waals surface area contributed by atoms with E-state index >= 15 is 0 Å². The highest BCUT2D eigenvalue weighted by Crippen LogP contribution is 2.17. The van der Waals surface area contributed by atoms with Crippen molar-refractivity contribution in [2.45, 2.75) is 13.5 Å². The highest BCUT2D eigenvalue weighted by molar-refractivity contribution is 7.71. The summed E-state index contributed by atoms with van der Waals surface area (Å²) in [5, 5.41) is 12.3. The minimum atomic E-state index is -0.326. The molecular weight excluding hydrogens is 366 g/mol. The molecule has 0 aliphatic carbocycles. The molecule has 3 aromatic rings. The smallest absolute Gasteiger partial charge is 0.287 e. The van der Waals surface area contributed by atoms with Crippen LogP contribution < -0.4 is 10.6 Å². The quantitative estimate of drug-likeness (QED) is 0.426. The van der Waals surface area contributed by atoms with Crippen LogP contribution in [0.15, 0.2) is 47.1 Å². The van der Waals surface area contributed by atoms with E-state index in [1.54, 1.807) is 16.7 Å². The fraction of sp³-hybridized carbons (Fsp3) is 0.222. The van der Waals surface area contributed by atoms with E-state index in [4.69, 9.17) is 16.6 Å². The number of aromatic amines is 1. The number of aryl methyl sites for hydroxylation is 1. The summed E-state index contributed by atoms with van der Waals surface area (Å²) >= 11 is 5.23. The number of furan rings is 1. The lowest BCUT2D eigenvalue weighted by atomic mass is 10.1. The van der Waals surface area contributed by atoms with Crippen LogP contribution in [0.2, 0.25) is 0 Å². The van der Waals surface area contributed by atoms with Crippen molar-refractivity contribution in [1.82, 2.24) is 25.4 Å². The van der Waals surface area contributed by atoms with Gasteiger partial charge >= 0.3 is 0 Å². The Morgan fingerprint density at radius 1 is 1.19 bits per heavy atom. The second-order valence-electron chi connectivity index (χ2n) is 5.89. The number of nitrogens with one attached hydrogen (secondary N) is 3. The molecule has 0 bridgehead atoms. The van der Waals surface area contributed by atoms with E-state index < -0.39 is 0 Å². The number of carbonyl (C=O) groups excluding carboxylic acids is 2. The molecule has 0 aliphatic rings. The minimum Gasteiger partial charge on any atom is -0.459 e. The number of nitrogens with zero attached hydrogens (tertiary/aromatic N) is 2. The molecule has 8 nitrogen and oxygen atoms in total. The average Bonchev–Trinajstić information content (AvgIpc) is 3.31. The maximum absolute atomic E-state index is 12.2. The second kappa shape index (κ2) is 8.45. The molecule has 9 heteroatoms. The summed E-state index contributed by atoms with van der Waals surface area (Å²) in [6.45, 7) is 2.60. The van der Waals surface area contributed by atoms with Gasteiger partial charge in [0.1, 0.15) is 6.54 Å². The SMILES string of the molecule is Cc1ccc(-c2n[nH]c(=S)n2CC(=O)NCCNC(=O)c2ccco2)cc1. The molecule has 0 fully saturated rings. The van der Waals surface area contributed by atoms with Gasteiger partial charge in [0.15, 0.2) is 16.4 Å². The van der Waals surface area contributed by atoms with Crippen LogP contribution in [-0.4, -0.2) is 39.7 Å². The summed E-state index contributed by atoms with van der Waals surface area (Å²) < 4.78 is 7.00. The van der Waals surface area contributed by atoms with Crippen molar-refractivity contribution >= 4 is 24.0 Å². The highest BCUT2D eigenvalue weighted by Gasteiger charge is 2.12. The summed E-state index contributed by atoms with van der Waals surface area (Å²) in [7, 11) is 0. The number of hydrogen-bond donors (Lipinski definition) is 3. The van der Waals surface area contributed by atoms with Gasteiger partial charge in [-0.15, -0.1) is 0 Å². The largest absolute Gasteiger partial charge is 0.459 e. The molecule has 0 aliphatic heterocycles. The topological polar surface area (TPSA) is 105 Å². The normalized spacial score (nSPS) is 10.6. The van der Waals surface area contributed by atoms with Gasteiger partial charge < -0.3 is 15.1 Å². The van der Waals surface area contributed by atoms with Gasteiger partial charge in [0.2, 0.25) is 5.91 Å². The second-order valence-corrected chi connectivity index (χ2v) is 6.27. The molecule has 0 spiro atoms. The molecule has 27 heavy (non-hydrogen) atoms. The molecule has 0 atom stereocenters. The predicted octanol–water partition coefficient (Wildman–Crippen LogP) is 2.06. The van der Waals surface area contributed by atoms with E-state index in [-0.39, 0.29) is 37.2 Å². The maximum Gasteiger partial charge on any atom is 0.287 e. The van der Waals surface area contributed by atoms with Crippen LogP contribution in [0.3, 0.4) is 0 Å². The first-order valence-corrected chi connectivity index (χ1v) is 8.76. The van der Waals surface area contributed by atoms with Gasteiger partial charge in [-0.2, -0.15) is 5.10 Å². The van der Waals surface area contributed by atoms with Gasteiger partial charge in [-0.05, 0) is 31.3 Å². The van der Waals surface area contributed by atoms with Crippen molar-refractivity contribution < 1.29 is 14.0 Å². The molecule has 3 N–H and O–H groups in total. The Labute approximate surface area is 160 Å². The van der Waals surface area contributed by atoms with Gasteiger partial charge in [-0.25, -0.2) is 0 Å². The van der Waals surface area contributed by atoms with Crippen LogP contribution in [0.4, 0.5) is 0 Å². The van der Waals surface area contributed by atoms with E-state index in [1.807, 2.05) is 31.2 Å². The fourth-order valence-electron chi connectivity index (χ4n) is 2.46. The third kappa shape index (κ3) is 4.70. The Morgan fingerprint density at radius 2 is 1.93 bits per heavy atom. The van der Waals surface area contributed by atoms with E-state index in [9.17, 15) is 9.59 Å². The van der Waals surface area contributed by atoms with Crippen molar-refractivity contribution in [3.05, 3.63) is 58.8 Å². The van der Waals surface area contributed by atoms with Crippen molar-refractivity contribution in [3.8, 4) is 11.4 Å². The van der Waals surface area contributed by atoms with Crippen molar-refractivity contribution in [2.75, 3.05) is 13.1 Å². The molecule has 1 aromatic carbocycles. The molecule has 3 rings (SSSR count). The molecule has 0 saturated carbocycles. The number of benzene rings is 1. The fourth-order valence-corrected chi connectivity index (χ4v) is 2.66. The molecular formula is C18H19N5O3S. The number of aromatic nitrogens is 3. The summed E-state index contributed by atoms with van der Waals surface area (Å²) in [4.78, 5) is 24.0. The van der Waals surface area contributed by atoms with E-state index in [1.165, 1.54) is 6.26 Å². The zero-order valence-electron chi connectivity index (χ0n) is 14.7. The minimum absolute atomic E-state index is 0.0324. The van der Waals surface area contributed by atoms with Crippen LogP contribution in [-0.2, 0) is 11.3 Å². The van der Waals surface area contributed by atoms with E-state index in [0.29, 0.717) is 10.6 Å². The molecule has 0 radical (unpaired) electrons. The van der Waals surface area contributed by atoms with Crippen LogP contribution in [0.5, 0.6) is 0 Å². The van der Waals surface area contributed by atoms with Crippen molar-refractivity contribution in [3.63, 3.8) is 0 Å². The zero-order chi connectivity index (χ0) is 19.2. The van der Waals surface area contributed by atoms with Crippen LogP contribution in [0.25, 0.3) is 11.4 Å². The maximum atomic E-state index is 12.2. The Hall–Kier alpha value is -3.20. The Kier molecular flexibility index (Phi) is 5.82. The van der Waals surface area contributed by atoms with E-state index in [2.05, 4.69) is 20.8 Å². The number of amides is 2. The van der Waals surface area contributed by atoms with Crippen LogP contribution >= 0.6 is 12.2 Å². The highest BCUT2D eigenvalue weighted by atomic mass is 32.1. The lowest BCUT2D eigenvalue weighted by Crippen LogP contribution is -2.36. The van der Waals surface area contributed by atoms with Gasteiger partial charge in [0, 0.05) is 18.7 Å². The van der Waals surface area contributed by atoms with Gasteiger partial charge in [0.05, 0.1) is 6.26 Å². The Balaban J connectivity index is 1.54. The zero-order valence-corrected chi connectivity index (χ0v) is 15.5. The monoisotopic (exact) mass is 385 g/mol. The van der Waals surface area contributed by atoms with Gasteiger partial charge in [0.25, 0.3) is 5.91 Å². The number of rotatable bonds is 7. The number of H-pyrrole nitrogens is 1. The summed E-state index contributed by atoms with van der Waals surface area (Å²) in [6, 6.07) is 11.0. The standard InChI is InChI=1S/C18H19N5O3S/c1-12-4-6-13(7-5-12)16-21-22-18(27)23(16)11-15(24)19-8-9-20-17(25)14-3-2-10-26-14/h2-7,10H,8-9,11H2,1H3,(H,19,24)(H,20,25)(H,22,27). The molecule has 2 aromatic heterocycles. The number of hydrogen-bond acceptors (Lipinski definition) is 5. The first-order chi connectivity index (χ1) is 13.0. The van der Waals surface area contributed by atoms with Gasteiger partial charge in [-0.3, -0.25) is 19.3 Å². The van der Waals surface area contributed by atoms with Crippen LogP contribution in [0, 0.1) is 11.7 Å². The summed E-state index contributed by atoms with van der Waals surface area (Å²) in [5.74, 6) is 0.274. The average molecular weight is 385 g/mol. The Bertz CT molecular complexity index is 973. The summed E-state index contributed by atoms with van der Waals surface area (Å²) in [5.41, 5.74) is 2.00. The molecule has 0 unspecified atom stereocenters.